The van der Waals surface area contributed by atoms with E-state index in [0.717, 1.165) is 50.1 Å². The molecule has 8 heteroatoms. The van der Waals surface area contributed by atoms with Crippen LogP contribution < -0.4 is 10.1 Å². The van der Waals surface area contributed by atoms with Crippen LogP contribution in [0.3, 0.4) is 0 Å². The van der Waals surface area contributed by atoms with Crippen molar-refractivity contribution in [2.45, 2.75) is 66.9 Å². The molecule has 42 heavy (non-hydrogen) atoms. The van der Waals surface area contributed by atoms with E-state index < -0.39 is 0 Å². The van der Waals surface area contributed by atoms with Crippen LogP contribution in [0.2, 0.25) is 0 Å². The molecule has 0 saturated carbocycles. The van der Waals surface area contributed by atoms with Gasteiger partial charge >= 0.3 is 0 Å². The van der Waals surface area contributed by atoms with Gasteiger partial charge in [0, 0.05) is 51.9 Å². The van der Waals surface area contributed by atoms with Crippen LogP contribution in [0, 0.1) is 0 Å². The third-order valence-corrected chi connectivity index (χ3v) is 9.72. The molecule has 2 heterocycles. The molecule has 3 aromatic rings. The number of carbonyl (C=O) groups is 3. The number of rotatable bonds is 12. The van der Waals surface area contributed by atoms with Crippen molar-refractivity contribution < 1.29 is 19.1 Å². The molecule has 0 bridgehead atoms. The number of nitrogens with zero attached hydrogens (tertiary/aromatic N) is 2. The lowest BCUT2D eigenvalue weighted by Gasteiger charge is -2.39. The first-order chi connectivity index (χ1) is 20.4. The number of piperidine rings is 1. The standard InChI is InChI=1S/C34H39N3O4S/c1-25(11-12-33(40)35-24-39)36(2)21-27-18-31-32(19-28(27)22-38)41-23-34(31)13-15-37(16-14-34)20-26-7-6-10-30(17-26)42-29-8-4-3-5-9-29/h3-10,17-19,22,24-25H,11-16,20-21,23H2,1-2H3,(H,35,39,40). The lowest BCUT2D eigenvalue weighted by molar-refractivity contribution is -0.125. The molecule has 0 aromatic heterocycles. The van der Waals surface area contributed by atoms with E-state index in [9.17, 15) is 14.4 Å². The van der Waals surface area contributed by atoms with Gasteiger partial charge in [-0.2, -0.15) is 0 Å². The minimum Gasteiger partial charge on any atom is -0.492 e. The Morgan fingerprint density at radius 3 is 2.57 bits per heavy atom. The second-order valence-corrected chi connectivity index (χ2v) is 12.7. The molecule has 0 aliphatic carbocycles. The third kappa shape index (κ3) is 7.12. The van der Waals surface area contributed by atoms with Crippen molar-refractivity contribution in [3.8, 4) is 5.75 Å². The fraction of sp³-hybridized carbons (Fsp3) is 0.382. The summed E-state index contributed by atoms with van der Waals surface area (Å²) >= 11 is 1.79. The van der Waals surface area contributed by atoms with Crippen molar-refractivity contribution in [1.82, 2.24) is 15.1 Å². The molecule has 2 aliphatic rings. The van der Waals surface area contributed by atoms with Crippen LogP contribution in [0.4, 0.5) is 0 Å². The average molecular weight is 586 g/mol. The van der Waals surface area contributed by atoms with E-state index in [1.807, 2.05) is 19.2 Å². The number of ether oxygens (including phenoxy) is 1. The number of likely N-dealkylation sites (tertiary alicyclic amines) is 1. The van der Waals surface area contributed by atoms with E-state index in [-0.39, 0.29) is 23.8 Å². The molecule has 1 spiro atoms. The van der Waals surface area contributed by atoms with E-state index in [1.54, 1.807) is 11.8 Å². The Labute approximate surface area is 252 Å². The van der Waals surface area contributed by atoms with Gasteiger partial charge in [0.05, 0.1) is 6.61 Å². The first kappa shape index (κ1) is 30.0. The van der Waals surface area contributed by atoms with E-state index in [1.165, 1.54) is 20.9 Å². The molecule has 1 atom stereocenters. The SMILES string of the molecule is CC(CCC(=O)NC=O)N(C)Cc1cc2c(cc1C=O)OCC21CCN(Cc2cccc(Sc3ccccc3)c2)CC1. The number of hydrogen-bond donors (Lipinski definition) is 1. The second kappa shape index (κ2) is 13.7. The van der Waals surface area contributed by atoms with Gasteiger partial charge in [-0.05, 0) is 93.8 Å². The van der Waals surface area contributed by atoms with Gasteiger partial charge in [0.2, 0.25) is 12.3 Å². The summed E-state index contributed by atoms with van der Waals surface area (Å²) in [4.78, 5) is 41.4. The number of fused-ring (bicyclic) bond motifs is 2. The van der Waals surface area contributed by atoms with Crippen molar-refractivity contribution in [2.75, 3.05) is 26.7 Å². The highest BCUT2D eigenvalue weighted by Crippen LogP contribution is 2.47. The number of imide groups is 1. The predicted octanol–water partition coefficient (Wildman–Crippen LogP) is 5.45. The Hall–Kier alpha value is -3.46. The van der Waals surface area contributed by atoms with E-state index >= 15 is 0 Å². The molecule has 1 saturated heterocycles. The quantitative estimate of drug-likeness (QED) is 0.283. The highest BCUT2D eigenvalue weighted by molar-refractivity contribution is 7.99. The zero-order valence-electron chi connectivity index (χ0n) is 24.4. The molecule has 5 rings (SSSR count). The van der Waals surface area contributed by atoms with Crippen LogP contribution in [0.5, 0.6) is 5.75 Å². The third-order valence-electron chi connectivity index (χ3n) is 8.72. The van der Waals surface area contributed by atoms with Crippen LogP contribution in [0.25, 0.3) is 0 Å². The van der Waals surface area contributed by atoms with Crippen LogP contribution >= 0.6 is 11.8 Å². The molecule has 0 radical (unpaired) electrons. The van der Waals surface area contributed by atoms with Crippen molar-refractivity contribution >= 4 is 30.4 Å². The number of amides is 2. The Morgan fingerprint density at radius 1 is 1.07 bits per heavy atom. The van der Waals surface area contributed by atoms with Crippen LogP contribution in [-0.2, 0) is 28.1 Å². The summed E-state index contributed by atoms with van der Waals surface area (Å²) in [6.45, 7) is 6.21. The summed E-state index contributed by atoms with van der Waals surface area (Å²) in [5.74, 6) is 0.557. The maximum Gasteiger partial charge on any atom is 0.226 e. The highest BCUT2D eigenvalue weighted by atomic mass is 32.2. The largest absolute Gasteiger partial charge is 0.492 e. The topological polar surface area (TPSA) is 79.0 Å². The number of carbonyl (C=O) groups excluding carboxylic acids is 3. The average Bonchev–Trinajstić information content (AvgIpc) is 3.34. The summed E-state index contributed by atoms with van der Waals surface area (Å²) in [7, 11) is 2.00. The van der Waals surface area contributed by atoms with Crippen LogP contribution in [-0.4, -0.2) is 61.2 Å². The summed E-state index contributed by atoms with van der Waals surface area (Å²) in [6, 6.07) is 23.5. The van der Waals surface area contributed by atoms with E-state index in [0.29, 0.717) is 31.5 Å². The van der Waals surface area contributed by atoms with E-state index in [4.69, 9.17) is 4.74 Å². The summed E-state index contributed by atoms with van der Waals surface area (Å²) < 4.78 is 6.19. The van der Waals surface area contributed by atoms with Crippen molar-refractivity contribution in [3.05, 3.63) is 89.0 Å². The zero-order chi connectivity index (χ0) is 29.5. The first-order valence-corrected chi connectivity index (χ1v) is 15.4. The number of hydrogen-bond acceptors (Lipinski definition) is 7. The summed E-state index contributed by atoms with van der Waals surface area (Å²) in [5.41, 5.74) is 4.14. The molecular formula is C34H39N3O4S. The maximum atomic E-state index is 12.0. The number of aldehydes is 1. The fourth-order valence-electron chi connectivity index (χ4n) is 5.98. The van der Waals surface area contributed by atoms with Gasteiger partial charge in [-0.1, -0.05) is 42.1 Å². The molecule has 1 fully saturated rings. The van der Waals surface area contributed by atoms with Gasteiger partial charge in [0.1, 0.15) is 5.75 Å². The Balaban J connectivity index is 1.22. The summed E-state index contributed by atoms with van der Waals surface area (Å²) in [5, 5.41) is 2.19. The molecule has 1 N–H and O–H groups in total. The molecule has 2 aliphatic heterocycles. The zero-order valence-corrected chi connectivity index (χ0v) is 25.2. The van der Waals surface area contributed by atoms with Crippen molar-refractivity contribution in [2.24, 2.45) is 0 Å². The molecule has 2 amide bonds. The summed E-state index contributed by atoms with van der Waals surface area (Å²) in [6.07, 6.45) is 4.25. The lowest BCUT2D eigenvalue weighted by atomic mass is 9.73. The van der Waals surface area contributed by atoms with Gasteiger partial charge in [-0.15, -0.1) is 0 Å². The van der Waals surface area contributed by atoms with Gasteiger partial charge in [-0.25, -0.2) is 0 Å². The van der Waals surface area contributed by atoms with Crippen LogP contribution in [0.15, 0.2) is 76.5 Å². The molecule has 220 valence electrons. The Bertz CT molecular complexity index is 1410. The number of benzene rings is 3. The highest BCUT2D eigenvalue weighted by Gasteiger charge is 2.43. The van der Waals surface area contributed by atoms with Gasteiger partial charge in [0.25, 0.3) is 0 Å². The normalized spacial score (nSPS) is 16.5. The lowest BCUT2D eigenvalue weighted by Crippen LogP contribution is -2.43. The second-order valence-electron chi connectivity index (χ2n) is 11.6. The molecule has 1 unspecified atom stereocenters. The Morgan fingerprint density at radius 2 is 1.83 bits per heavy atom. The van der Waals surface area contributed by atoms with Crippen LogP contribution in [0.1, 0.15) is 59.7 Å². The van der Waals surface area contributed by atoms with E-state index in [2.05, 4.69) is 76.6 Å². The first-order valence-electron chi connectivity index (χ1n) is 14.6. The molecule has 3 aromatic carbocycles. The minimum absolute atomic E-state index is 0.0376. The fourth-order valence-corrected chi connectivity index (χ4v) is 6.90. The van der Waals surface area contributed by atoms with Crippen molar-refractivity contribution in [1.29, 1.82) is 0 Å². The monoisotopic (exact) mass is 585 g/mol. The Kier molecular flexibility index (Phi) is 9.77. The number of nitrogens with one attached hydrogen (secondary N) is 1. The van der Waals surface area contributed by atoms with Gasteiger partial charge < -0.3 is 4.74 Å². The van der Waals surface area contributed by atoms with Gasteiger partial charge in [0.15, 0.2) is 6.29 Å². The smallest absolute Gasteiger partial charge is 0.226 e. The maximum absolute atomic E-state index is 12.0. The van der Waals surface area contributed by atoms with Gasteiger partial charge in [-0.3, -0.25) is 29.5 Å². The van der Waals surface area contributed by atoms with Crippen molar-refractivity contribution in [3.63, 3.8) is 0 Å². The molecular weight excluding hydrogens is 546 g/mol. The molecule has 7 nitrogen and oxygen atoms in total. The predicted molar refractivity (Wildman–Crippen MR) is 165 cm³/mol. The minimum atomic E-state index is -0.277.